The first-order chi connectivity index (χ1) is 63.6. The average molecular weight is 2060 g/mol. The van der Waals surface area contributed by atoms with Crippen molar-refractivity contribution >= 4 is 194 Å². The fourth-order valence-electron chi connectivity index (χ4n) is 15.7. The number of H-pyrrole nitrogens is 1. The van der Waals surface area contributed by atoms with Crippen LogP contribution in [0, 0.1) is 33.1 Å². The molecule has 0 atom stereocenters. The van der Waals surface area contributed by atoms with Gasteiger partial charge >= 0.3 is 28.8 Å². The molecule has 0 saturated carbocycles. The average Bonchev–Trinajstić information content (AvgIpc) is 1.62. The number of sulfonamides is 2. The Balaban J connectivity index is 0.000000170. The lowest BCUT2D eigenvalue weighted by Gasteiger charge is -2.09. The molecule has 2 aliphatic heterocycles. The van der Waals surface area contributed by atoms with E-state index in [2.05, 4.69) is 163 Å². The zero-order valence-corrected chi connectivity index (χ0v) is 82.0. The Kier molecular flexibility index (Phi) is 39.1. The van der Waals surface area contributed by atoms with Crippen molar-refractivity contribution in [2.24, 2.45) is 10.1 Å². The number of hydrogen-bond acceptors (Lipinski definition) is 19. The minimum Gasteiger partial charge on any atom is -0.412 e. The van der Waals surface area contributed by atoms with Crippen molar-refractivity contribution in [2.45, 2.75) is 116 Å². The van der Waals surface area contributed by atoms with E-state index in [1.54, 1.807) is 95.4 Å². The zero-order valence-electron chi connectivity index (χ0n) is 73.9. The highest BCUT2D eigenvalue weighted by atomic mass is 79.9. The molecule has 0 spiro atoms. The zero-order chi connectivity index (χ0) is 92.6. The Hall–Kier alpha value is -11.6. The lowest BCUT2D eigenvalue weighted by atomic mass is 10.1. The van der Waals surface area contributed by atoms with E-state index in [0.717, 1.165) is 81.5 Å². The number of aromatic amines is 1. The SMILES string of the molecule is C.C1CCOC1.C1CCOC1.Cc1cccc2scc(Cn3c(=O)[nH]c4ccccc43)c12.Cc1cccc2scc(Cn3c(=O)n(CCBr)c4ccccc43)c12.Cc1cccc2scc(Cn3c(=O)n(CCN)c4ccccc43)c12.Cc1cccc2scc(Cn3c(=O)n(CCNC(=O)NS(=O)(=O)c4ccccc4)c4ccccc43)c12.N.N=C=NS(=O)(=O)c1ccccc1.O.OCCBr. The first kappa shape index (κ1) is 104. The Labute approximate surface area is 809 Å². The number of urea groups is 1. The smallest absolute Gasteiger partial charge is 0.329 e. The van der Waals surface area contributed by atoms with Crippen LogP contribution in [0.3, 0.4) is 0 Å². The minimum absolute atomic E-state index is 0. The maximum Gasteiger partial charge on any atom is 0.329 e. The molecule has 2 aliphatic rings. The number of ether oxygens (including phenoxy) is 2. The van der Waals surface area contributed by atoms with E-state index >= 15 is 0 Å². The number of hydrogen-bond donors (Lipinski definition) is 7. The van der Waals surface area contributed by atoms with E-state index in [1.165, 1.54) is 135 Å². The lowest BCUT2D eigenvalue weighted by Crippen LogP contribution is -2.41. The topological polar surface area (TPSA) is 395 Å². The van der Waals surface area contributed by atoms with Crippen molar-refractivity contribution in [2.75, 3.05) is 56.8 Å². The molecule has 20 rings (SSSR count). The Morgan fingerprint density at radius 3 is 1.11 bits per heavy atom. The maximum absolute atomic E-state index is 13.4. The number of alkyl halides is 2. The number of para-hydroxylation sites is 8. The number of fused-ring (bicyclic) bond motifs is 8. The molecule has 12 N–H and O–H groups in total. The molecule has 2 saturated heterocycles. The van der Waals surface area contributed by atoms with Gasteiger partial charge in [-0.15, -0.1) is 45.3 Å². The van der Waals surface area contributed by atoms with Crippen LogP contribution in [0.2, 0.25) is 0 Å². The van der Waals surface area contributed by atoms with Gasteiger partial charge in [0.2, 0.25) is 0 Å². The predicted octanol–water partition coefficient (Wildman–Crippen LogP) is 19.1. The molecule has 2 amide bonds. The minimum atomic E-state index is -3.98. The van der Waals surface area contributed by atoms with Gasteiger partial charge in [0.15, 0.2) is 0 Å². The number of rotatable bonds is 20. The van der Waals surface area contributed by atoms with Crippen molar-refractivity contribution in [1.29, 1.82) is 5.41 Å². The van der Waals surface area contributed by atoms with E-state index in [4.69, 9.17) is 25.7 Å². The number of aliphatic hydroxyl groups is 1. The second kappa shape index (κ2) is 50.1. The number of nitrogens with zero attached hydrogens (tertiary/aromatic N) is 8. The van der Waals surface area contributed by atoms with Crippen LogP contribution in [-0.2, 0) is 75.3 Å². The van der Waals surface area contributed by atoms with Crippen molar-refractivity contribution in [3.8, 4) is 0 Å². The van der Waals surface area contributed by atoms with Crippen molar-refractivity contribution in [3.63, 3.8) is 0 Å². The Morgan fingerprint density at radius 1 is 0.455 bits per heavy atom. The van der Waals surface area contributed by atoms with Crippen LogP contribution in [-0.4, -0.2) is 133 Å². The standard InChI is InChI=1S/C26H24N4O4S2.C19H17BrN2OS.C19H19N3OS.C17H14N2OS.C7H6N2O2S.2C4H8O.C2H5BrO.CH4.H3N.H2O/c1-18-8-7-13-23-24(18)19(17-35-23)16-30-22-12-6-5-11-21(22)29(26(30)32)15-14-27-25(31)28-36(33,34)20-9-3-2-4-10-20;2*1-13-5-4-8-17-18(13)14(12-24-17)11-22-16-7-3-2-6-15(16)21(10-9-20)19(22)23;1-11-5-4-8-15-16(11)12(10-21-15)9-19-14-7-3-2-6-13(14)18-17(19)20;8-6-9-12(10,11)7-4-2-1-3-5-7;2*1-2-4-5-3-1;3-1-2-4;;;/h2-13,17H,14-16H2,1H3,(H2,27,28,31);2-8,12H,9-11H2,1H3;2-8,12H,9-11,20H2,1H3;2-8,10H,9H2,1H3,(H,18,20);1-5,8H;2*1-4H2;4H,1-2H2;1H4;1H3;1H2. The molecule has 704 valence electrons. The van der Waals surface area contributed by atoms with E-state index in [0.29, 0.717) is 51.1 Å². The summed E-state index contributed by atoms with van der Waals surface area (Å²) in [7, 11) is -7.66. The summed E-state index contributed by atoms with van der Waals surface area (Å²) in [5, 5.41) is 31.8. The molecule has 27 nitrogen and oxygen atoms in total. The van der Waals surface area contributed by atoms with E-state index in [-0.39, 0.29) is 71.3 Å². The molecule has 134 heavy (non-hydrogen) atoms. The molecule has 8 aromatic heterocycles. The second-order valence-electron chi connectivity index (χ2n) is 30.6. The van der Waals surface area contributed by atoms with Crippen molar-refractivity contribution < 1.29 is 41.7 Å². The van der Waals surface area contributed by atoms with Gasteiger partial charge in [-0.3, -0.25) is 32.0 Å². The first-order valence-electron chi connectivity index (χ1n) is 42.5. The number of nitrogens with one attached hydrogen (secondary N) is 4. The van der Waals surface area contributed by atoms with Crippen LogP contribution in [0.1, 0.15) is 77.6 Å². The number of carbonyl (C=O) groups excluding carboxylic acids is 1. The first-order valence-corrected chi connectivity index (χ1v) is 51.2. The summed E-state index contributed by atoms with van der Waals surface area (Å²) in [4.78, 5) is 66.7. The van der Waals surface area contributed by atoms with Crippen molar-refractivity contribution in [3.05, 3.63) is 338 Å². The highest BCUT2D eigenvalue weighted by Crippen LogP contribution is 2.35. The summed E-state index contributed by atoms with van der Waals surface area (Å²) >= 11 is 13.3. The number of thiophene rings is 4. The number of aromatic nitrogens is 8. The molecular formula is C99H110Br2N14O13S6. The molecule has 0 unspecified atom stereocenters. The third-order valence-corrected chi connectivity index (χ3v) is 29.1. The van der Waals surface area contributed by atoms with Gasteiger partial charge in [-0.1, -0.05) is 177 Å². The fraction of sp³-hybridized carbons (Fsp3) is 0.253. The molecular weight excluding hydrogens is 1950 g/mol. The number of imidazole rings is 4. The summed E-state index contributed by atoms with van der Waals surface area (Å²) in [5.41, 5.74) is 22.5. The molecule has 10 aromatic carbocycles. The summed E-state index contributed by atoms with van der Waals surface area (Å²) in [6.45, 7) is 16.8. The summed E-state index contributed by atoms with van der Waals surface area (Å²) in [6, 6.07) is 72.5. The number of carbonyl (C=O) groups is 1. The number of aliphatic hydroxyl groups excluding tert-OH is 1. The van der Waals surface area contributed by atoms with Crippen LogP contribution < -0.4 is 44.7 Å². The lowest BCUT2D eigenvalue weighted by molar-refractivity contribution is 0.198. The van der Waals surface area contributed by atoms with Crippen LogP contribution in [0.15, 0.2) is 285 Å². The number of halogens is 2. The highest BCUT2D eigenvalue weighted by Gasteiger charge is 2.23. The van der Waals surface area contributed by atoms with Gasteiger partial charge in [-0.25, -0.2) is 42.5 Å². The monoisotopic (exact) mass is 2050 g/mol. The molecule has 18 aromatic rings. The Morgan fingerprint density at radius 2 is 0.776 bits per heavy atom. The molecule has 0 radical (unpaired) electrons. The number of amides is 2. The van der Waals surface area contributed by atoms with Gasteiger partial charge < -0.3 is 42.2 Å². The van der Waals surface area contributed by atoms with Gasteiger partial charge in [-0.2, -0.15) is 8.42 Å². The van der Waals surface area contributed by atoms with Crippen LogP contribution in [0.4, 0.5) is 4.79 Å². The number of nitrogens with two attached hydrogens (primary N) is 1. The van der Waals surface area contributed by atoms with Gasteiger partial charge in [-0.05, 0) is 216 Å². The quantitative estimate of drug-likeness (QED) is 0.0275. The normalized spacial score (nSPS) is 12.0. The number of aryl methyl sites for hydroxylation is 5. The number of benzene rings is 10. The molecule has 35 heteroatoms. The summed E-state index contributed by atoms with van der Waals surface area (Å²) < 4.78 is 79.2. The van der Waals surface area contributed by atoms with E-state index < -0.39 is 26.1 Å². The maximum atomic E-state index is 13.4. The van der Waals surface area contributed by atoms with Gasteiger partial charge in [0.1, 0.15) is 6.01 Å². The second-order valence-corrected chi connectivity index (χ2v) is 39.1. The largest absolute Gasteiger partial charge is 0.412 e. The van der Waals surface area contributed by atoms with Crippen LogP contribution in [0.5, 0.6) is 0 Å². The molecule has 0 bridgehead atoms. The summed E-state index contributed by atoms with van der Waals surface area (Å²) in [5.74, 6) is 0. The van der Waals surface area contributed by atoms with Crippen LogP contribution in [0.25, 0.3) is 84.5 Å². The third-order valence-electron chi connectivity index (χ3n) is 21.8. The molecule has 0 aliphatic carbocycles. The summed E-state index contributed by atoms with van der Waals surface area (Å²) in [6.07, 6.45) is 5.11. The fourth-order valence-corrected chi connectivity index (χ4v) is 21.9. The highest BCUT2D eigenvalue weighted by molar-refractivity contribution is 9.09. The molecule has 2 fully saturated rings. The van der Waals surface area contributed by atoms with Gasteiger partial charge in [0.05, 0.1) is 86.7 Å². The van der Waals surface area contributed by atoms with E-state index in [1.807, 2.05) is 126 Å². The van der Waals surface area contributed by atoms with Gasteiger partial charge in [0.25, 0.3) is 20.0 Å². The van der Waals surface area contributed by atoms with Crippen molar-refractivity contribution in [1.82, 2.24) is 53.1 Å². The molecule has 10 heterocycles. The Bertz CT molecular complexity index is 7320. The van der Waals surface area contributed by atoms with E-state index in [9.17, 15) is 40.8 Å². The van der Waals surface area contributed by atoms with Gasteiger partial charge in [0, 0.05) is 110 Å². The predicted molar refractivity (Wildman–Crippen MR) is 557 cm³/mol. The third kappa shape index (κ3) is 25.3. The van der Waals surface area contributed by atoms with Crippen LogP contribution >= 0.6 is 77.2 Å².